The third-order valence-corrected chi connectivity index (χ3v) is 2.82. The van der Waals surface area contributed by atoms with Gasteiger partial charge in [-0.15, -0.1) is 0 Å². The molecule has 0 aliphatic rings. The van der Waals surface area contributed by atoms with Crippen molar-refractivity contribution in [2.75, 3.05) is 40.4 Å². The number of rotatable bonds is 9. The second-order valence-corrected chi connectivity index (χ2v) is 4.51. The standard InChI is InChI=1S/C12H28N2O/c1-6-12(11(2)3)13-7-8-14(4)9-10-15-5/h11-13H,6-10H2,1-5H3. The summed E-state index contributed by atoms with van der Waals surface area (Å²) in [4.78, 5) is 2.30. The van der Waals surface area contributed by atoms with Gasteiger partial charge in [-0.2, -0.15) is 0 Å². The molecule has 1 unspecified atom stereocenters. The van der Waals surface area contributed by atoms with Crippen LogP contribution in [0.25, 0.3) is 0 Å². The number of hydrogen-bond donors (Lipinski definition) is 1. The third kappa shape index (κ3) is 7.77. The van der Waals surface area contributed by atoms with Crippen LogP contribution >= 0.6 is 0 Å². The quantitative estimate of drug-likeness (QED) is 0.633. The minimum atomic E-state index is 0.654. The molecule has 0 amide bonds. The number of likely N-dealkylation sites (N-methyl/N-ethyl adjacent to an activating group) is 1. The van der Waals surface area contributed by atoms with Crippen LogP contribution in [0.15, 0.2) is 0 Å². The van der Waals surface area contributed by atoms with Crippen molar-refractivity contribution in [3.63, 3.8) is 0 Å². The zero-order valence-electron chi connectivity index (χ0n) is 11.0. The minimum Gasteiger partial charge on any atom is -0.383 e. The van der Waals surface area contributed by atoms with Gasteiger partial charge in [0.2, 0.25) is 0 Å². The molecule has 92 valence electrons. The molecule has 0 aromatic rings. The van der Waals surface area contributed by atoms with Crippen molar-refractivity contribution in [3.8, 4) is 0 Å². The Morgan fingerprint density at radius 2 is 1.93 bits per heavy atom. The van der Waals surface area contributed by atoms with Gasteiger partial charge in [0.25, 0.3) is 0 Å². The largest absolute Gasteiger partial charge is 0.383 e. The van der Waals surface area contributed by atoms with E-state index in [1.54, 1.807) is 7.11 Å². The predicted octanol–water partition coefficient (Wildman–Crippen LogP) is 1.59. The van der Waals surface area contributed by atoms with E-state index in [0.29, 0.717) is 6.04 Å². The second kappa shape index (κ2) is 9.13. The van der Waals surface area contributed by atoms with Gasteiger partial charge in [-0.1, -0.05) is 20.8 Å². The van der Waals surface area contributed by atoms with Crippen LogP contribution in [0.5, 0.6) is 0 Å². The monoisotopic (exact) mass is 216 g/mol. The highest BCUT2D eigenvalue weighted by molar-refractivity contribution is 4.69. The third-order valence-electron chi connectivity index (χ3n) is 2.82. The zero-order chi connectivity index (χ0) is 11.7. The lowest BCUT2D eigenvalue weighted by molar-refractivity contribution is 0.160. The van der Waals surface area contributed by atoms with Crippen molar-refractivity contribution in [3.05, 3.63) is 0 Å². The average molecular weight is 216 g/mol. The molecule has 15 heavy (non-hydrogen) atoms. The molecule has 0 aliphatic carbocycles. The molecule has 3 nitrogen and oxygen atoms in total. The summed E-state index contributed by atoms with van der Waals surface area (Å²) in [5.74, 6) is 0.722. The number of hydrogen-bond acceptors (Lipinski definition) is 3. The van der Waals surface area contributed by atoms with Gasteiger partial charge in [0.15, 0.2) is 0 Å². The van der Waals surface area contributed by atoms with Crippen LogP contribution in [0.2, 0.25) is 0 Å². The van der Waals surface area contributed by atoms with Gasteiger partial charge >= 0.3 is 0 Å². The van der Waals surface area contributed by atoms with Crippen LogP contribution < -0.4 is 5.32 Å². The van der Waals surface area contributed by atoms with E-state index in [2.05, 4.69) is 38.0 Å². The van der Waals surface area contributed by atoms with Crippen LogP contribution in [0, 0.1) is 5.92 Å². The molecule has 0 saturated carbocycles. The normalized spacial score (nSPS) is 13.8. The highest BCUT2D eigenvalue weighted by Gasteiger charge is 2.09. The Morgan fingerprint density at radius 3 is 2.40 bits per heavy atom. The fourth-order valence-electron chi connectivity index (χ4n) is 1.65. The molecule has 0 aromatic heterocycles. The van der Waals surface area contributed by atoms with Gasteiger partial charge in [0, 0.05) is 32.8 Å². The smallest absolute Gasteiger partial charge is 0.0589 e. The molecular weight excluding hydrogens is 188 g/mol. The van der Waals surface area contributed by atoms with Gasteiger partial charge < -0.3 is 15.0 Å². The zero-order valence-corrected chi connectivity index (χ0v) is 11.0. The van der Waals surface area contributed by atoms with Crippen LogP contribution in [-0.2, 0) is 4.74 Å². The molecule has 0 aromatic carbocycles. The van der Waals surface area contributed by atoms with E-state index >= 15 is 0 Å². The van der Waals surface area contributed by atoms with Gasteiger partial charge in [0.05, 0.1) is 6.61 Å². The summed E-state index contributed by atoms with van der Waals surface area (Å²) in [6, 6.07) is 0.654. The highest BCUT2D eigenvalue weighted by Crippen LogP contribution is 2.04. The maximum atomic E-state index is 5.04. The van der Waals surface area contributed by atoms with Crippen LogP contribution in [0.1, 0.15) is 27.2 Å². The summed E-state index contributed by atoms with van der Waals surface area (Å²) >= 11 is 0. The van der Waals surface area contributed by atoms with Crippen LogP contribution in [-0.4, -0.2) is 51.3 Å². The fraction of sp³-hybridized carbons (Fsp3) is 1.00. The lowest BCUT2D eigenvalue weighted by Crippen LogP contribution is -2.39. The topological polar surface area (TPSA) is 24.5 Å². The van der Waals surface area contributed by atoms with Crippen molar-refractivity contribution >= 4 is 0 Å². The van der Waals surface area contributed by atoms with Crippen LogP contribution in [0.4, 0.5) is 0 Å². The number of methoxy groups -OCH3 is 1. The first-order valence-electron chi connectivity index (χ1n) is 6.02. The highest BCUT2D eigenvalue weighted by atomic mass is 16.5. The molecule has 0 bridgehead atoms. The molecule has 3 heteroatoms. The van der Waals surface area contributed by atoms with Crippen molar-refractivity contribution in [2.24, 2.45) is 5.92 Å². The Hall–Kier alpha value is -0.120. The van der Waals surface area contributed by atoms with Crippen molar-refractivity contribution < 1.29 is 4.74 Å². The Morgan fingerprint density at radius 1 is 1.27 bits per heavy atom. The Balaban J connectivity index is 3.50. The van der Waals surface area contributed by atoms with Gasteiger partial charge in [-0.05, 0) is 19.4 Å². The lowest BCUT2D eigenvalue weighted by Gasteiger charge is -2.23. The summed E-state index contributed by atoms with van der Waals surface area (Å²) in [6.45, 7) is 10.8. The maximum Gasteiger partial charge on any atom is 0.0589 e. The van der Waals surface area contributed by atoms with Crippen LogP contribution in [0.3, 0.4) is 0 Å². The maximum absolute atomic E-state index is 5.04. The van der Waals surface area contributed by atoms with E-state index in [4.69, 9.17) is 4.74 Å². The molecule has 0 heterocycles. The molecule has 0 aliphatic heterocycles. The summed E-state index contributed by atoms with van der Waals surface area (Å²) in [7, 11) is 3.88. The molecule has 1 atom stereocenters. The first-order valence-corrected chi connectivity index (χ1v) is 6.02. The second-order valence-electron chi connectivity index (χ2n) is 4.51. The molecular formula is C12H28N2O. The van der Waals surface area contributed by atoms with Gasteiger partial charge in [-0.25, -0.2) is 0 Å². The number of nitrogens with zero attached hydrogens (tertiary/aromatic N) is 1. The molecule has 0 radical (unpaired) electrons. The minimum absolute atomic E-state index is 0.654. The van der Waals surface area contributed by atoms with E-state index in [9.17, 15) is 0 Å². The summed E-state index contributed by atoms with van der Waals surface area (Å²) in [5, 5.41) is 3.59. The van der Waals surface area contributed by atoms with E-state index in [1.165, 1.54) is 6.42 Å². The average Bonchev–Trinajstić information content (AvgIpc) is 2.20. The van der Waals surface area contributed by atoms with E-state index in [-0.39, 0.29) is 0 Å². The number of nitrogens with one attached hydrogen (secondary N) is 1. The molecule has 1 N–H and O–H groups in total. The molecule has 0 saturated heterocycles. The van der Waals surface area contributed by atoms with Gasteiger partial charge in [0.1, 0.15) is 0 Å². The summed E-state index contributed by atoms with van der Waals surface area (Å²) in [6.07, 6.45) is 1.21. The first kappa shape index (κ1) is 14.9. The molecule has 0 rings (SSSR count). The SMILES string of the molecule is CCC(NCCN(C)CCOC)C(C)C. The van der Waals surface area contributed by atoms with Gasteiger partial charge in [-0.3, -0.25) is 0 Å². The van der Waals surface area contributed by atoms with E-state index < -0.39 is 0 Å². The number of ether oxygens (including phenoxy) is 1. The van der Waals surface area contributed by atoms with Crippen molar-refractivity contribution in [1.29, 1.82) is 0 Å². The fourth-order valence-corrected chi connectivity index (χ4v) is 1.65. The Bertz CT molecular complexity index is 140. The predicted molar refractivity (Wildman–Crippen MR) is 66.3 cm³/mol. The first-order chi connectivity index (χ1) is 7.11. The van der Waals surface area contributed by atoms with Crippen molar-refractivity contribution in [2.45, 2.75) is 33.2 Å². The summed E-state index contributed by atoms with van der Waals surface area (Å²) in [5.41, 5.74) is 0. The molecule has 0 spiro atoms. The lowest BCUT2D eigenvalue weighted by atomic mass is 10.0. The van der Waals surface area contributed by atoms with E-state index in [0.717, 1.165) is 32.2 Å². The molecule has 0 fully saturated rings. The Kier molecular flexibility index (Phi) is 9.06. The Labute approximate surface area is 95.2 Å². The van der Waals surface area contributed by atoms with Crippen molar-refractivity contribution in [1.82, 2.24) is 10.2 Å². The summed E-state index contributed by atoms with van der Waals surface area (Å²) < 4.78 is 5.04. The van der Waals surface area contributed by atoms with E-state index in [1.807, 2.05) is 0 Å².